The van der Waals surface area contributed by atoms with E-state index in [9.17, 15) is 21.2 Å². The third-order valence-electron chi connectivity index (χ3n) is 7.03. The van der Waals surface area contributed by atoms with Gasteiger partial charge >= 0.3 is 0 Å². The number of rotatable bonds is 12. The van der Waals surface area contributed by atoms with Gasteiger partial charge in [-0.25, -0.2) is 21.2 Å². The van der Waals surface area contributed by atoms with Crippen LogP contribution in [0.25, 0.3) is 0 Å². The SMILES string of the molecule is CCN(Cc1ccccc1)S(=O)(=O)c1ccc(S(=O)(=O)N(CCC2=CCCCC2)Cc2ccccc2F)cc1. The van der Waals surface area contributed by atoms with E-state index < -0.39 is 25.9 Å². The highest BCUT2D eigenvalue weighted by Crippen LogP contribution is 2.26. The van der Waals surface area contributed by atoms with E-state index in [1.807, 2.05) is 30.3 Å². The quantitative estimate of drug-likeness (QED) is 0.246. The molecule has 1 aliphatic carbocycles. The van der Waals surface area contributed by atoms with Crippen molar-refractivity contribution in [3.8, 4) is 0 Å². The predicted molar refractivity (Wildman–Crippen MR) is 151 cm³/mol. The second-order valence-electron chi connectivity index (χ2n) is 9.68. The summed E-state index contributed by atoms with van der Waals surface area (Å²) < 4.78 is 71.3. The van der Waals surface area contributed by atoms with Gasteiger partial charge in [-0.15, -0.1) is 0 Å². The van der Waals surface area contributed by atoms with Crippen molar-refractivity contribution in [2.75, 3.05) is 13.1 Å². The Morgan fingerprint density at radius 2 is 1.36 bits per heavy atom. The summed E-state index contributed by atoms with van der Waals surface area (Å²) in [4.78, 5) is -0.00577. The number of hydrogen-bond donors (Lipinski definition) is 0. The minimum Gasteiger partial charge on any atom is -0.207 e. The number of allylic oxidation sites excluding steroid dienone is 1. The summed E-state index contributed by atoms with van der Waals surface area (Å²) in [5.74, 6) is -0.464. The zero-order valence-corrected chi connectivity index (χ0v) is 23.8. The molecule has 0 spiro atoms. The van der Waals surface area contributed by atoms with Gasteiger partial charge in [0.2, 0.25) is 20.0 Å². The predicted octanol–water partition coefficient (Wildman–Crippen LogP) is 6.12. The molecule has 0 N–H and O–H groups in total. The first-order valence-electron chi connectivity index (χ1n) is 13.3. The molecular weight excluding hydrogens is 535 g/mol. The standard InChI is InChI=1S/C30H35FN2O4S2/c1-2-32(23-26-13-7-4-8-14-26)38(34,35)28-17-19-29(20-18-28)39(36,37)33(22-21-25-11-5-3-6-12-25)24-27-15-9-10-16-30(27)31/h4,7-11,13-20H,2-3,5-6,12,21-24H2,1H3. The van der Waals surface area contributed by atoms with Crippen LogP contribution in [-0.2, 0) is 33.1 Å². The summed E-state index contributed by atoms with van der Waals surface area (Å²) in [5.41, 5.74) is 2.37. The molecule has 3 aromatic rings. The molecule has 3 aromatic carbocycles. The van der Waals surface area contributed by atoms with Gasteiger partial charge in [0.15, 0.2) is 0 Å². The van der Waals surface area contributed by atoms with E-state index in [2.05, 4.69) is 6.08 Å². The van der Waals surface area contributed by atoms with Gasteiger partial charge in [-0.3, -0.25) is 0 Å². The van der Waals surface area contributed by atoms with Crippen LogP contribution < -0.4 is 0 Å². The van der Waals surface area contributed by atoms with Crippen molar-refractivity contribution < 1.29 is 21.2 Å². The minimum atomic E-state index is -4.02. The molecule has 0 atom stereocenters. The van der Waals surface area contributed by atoms with Crippen molar-refractivity contribution in [1.29, 1.82) is 0 Å². The minimum absolute atomic E-state index is 0.0206. The summed E-state index contributed by atoms with van der Waals surface area (Å²) in [5, 5.41) is 0. The van der Waals surface area contributed by atoms with Gasteiger partial charge in [-0.1, -0.05) is 67.1 Å². The highest BCUT2D eigenvalue weighted by Gasteiger charge is 2.28. The van der Waals surface area contributed by atoms with Crippen LogP contribution in [0.1, 0.15) is 50.2 Å². The van der Waals surface area contributed by atoms with Crippen LogP contribution in [0.2, 0.25) is 0 Å². The van der Waals surface area contributed by atoms with E-state index in [-0.39, 0.29) is 41.5 Å². The lowest BCUT2D eigenvalue weighted by Gasteiger charge is -2.24. The van der Waals surface area contributed by atoms with Crippen molar-refractivity contribution in [1.82, 2.24) is 8.61 Å². The van der Waals surface area contributed by atoms with E-state index in [4.69, 9.17) is 0 Å². The molecule has 0 fully saturated rings. The molecule has 9 heteroatoms. The van der Waals surface area contributed by atoms with E-state index in [1.54, 1.807) is 25.1 Å². The fourth-order valence-electron chi connectivity index (χ4n) is 4.74. The maximum absolute atomic E-state index is 14.5. The summed E-state index contributed by atoms with van der Waals surface area (Å²) in [7, 11) is -7.87. The van der Waals surface area contributed by atoms with Crippen LogP contribution in [0.5, 0.6) is 0 Å². The van der Waals surface area contributed by atoms with Crippen LogP contribution >= 0.6 is 0 Å². The number of hydrogen-bond acceptors (Lipinski definition) is 4. The first-order valence-corrected chi connectivity index (χ1v) is 16.2. The molecule has 0 bridgehead atoms. The lowest BCUT2D eigenvalue weighted by molar-refractivity contribution is 0.398. The highest BCUT2D eigenvalue weighted by atomic mass is 32.2. The summed E-state index contributed by atoms with van der Waals surface area (Å²) >= 11 is 0. The third kappa shape index (κ3) is 7.22. The summed E-state index contributed by atoms with van der Waals surface area (Å²) in [6.45, 7) is 2.35. The Morgan fingerprint density at radius 3 is 1.95 bits per heavy atom. The van der Waals surface area contributed by atoms with Gasteiger partial charge in [0.05, 0.1) is 9.79 Å². The Hall–Kier alpha value is -2.85. The molecule has 6 nitrogen and oxygen atoms in total. The third-order valence-corrected chi connectivity index (χ3v) is 10.8. The average Bonchev–Trinajstić information content (AvgIpc) is 2.96. The largest absolute Gasteiger partial charge is 0.243 e. The molecule has 1 aliphatic rings. The second-order valence-corrected chi connectivity index (χ2v) is 13.6. The van der Waals surface area contributed by atoms with E-state index in [0.717, 1.165) is 31.2 Å². The first kappa shape index (κ1) is 29.1. The van der Waals surface area contributed by atoms with Crippen LogP contribution in [0.3, 0.4) is 0 Å². The molecular formula is C30H35FN2O4S2. The van der Waals surface area contributed by atoms with Gasteiger partial charge in [0, 0.05) is 31.7 Å². The topological polar surface area (TPSA) is 74.8 Å². The molecule has 0 saturated carbocycles. The van der Waals surface area contributed by atoms with Gasteiger partial charge in [0.1, 0.15) is 5.82 Å². The Kier molecular flexibility index (Phi) is 9.71. The number of nitrogens with zero attached hydrogens (tertiary/aromatic N) is 2. The number of benzene rings is 3. The lowest BCUT2D eigenvalue weighted by Crippen LogP contribution is -2.32. The van der Waals surface area contributed by atoms with E-state index >= 15 is 0 Å². The Morgan fingerprint density at radius 1 is 0.744 bits per heavy atom. The van der Waals surface area contributed by atoms with Crippen molar-refractivity contribution in [2.24, 2.45) is 0 Å². The van der Waals surface area contributed by atoms with Crippen molar-refractivity contribution in [3.63, 3.8) is 0 Å². The molecule has 0 radical (unpaired) electrons. The van der Waals surface area contributed by atoms with E-state index in [1.165, 1.54) is 44.5 Å². The zero-order valence-electron chi connectivity index (χ0n) is 22.2. The Bertz CT molecular complexity index is 1490. The van der Waals surface area contributed by atoms with Crippen LogP contribution in [0, 0.1) is 5.82 Å². The average molecular weight is 571 g/mol. The van der Waals surface area contributed by atoms with Gasteiger partial charge in [-0.2, -0.15) is 8.61 Å². The van der Waals surface area contributed by atoms with Crippen LogP contribution in [0.4, 0.5) is 4.39 Å². The maximum Gasteiger partial charge on any atom is 0.243 e. The first-order chi connectivity index (χ1) is 18.7. The van der Waals surface area contributed by atoms with Gasteiger partial charge in [-0.05, 0) is 68.0 Å². The molecule has 208 valence electrons. The summed E-state index contributed by atoms with van der Waals surface area (Å²) in [6.07, 6.45) is 6.90. The second kappa shape index (κ2) is 13.0. The maximum atomic E-state index is 14.5. The summed E-state index contributed by atoms with van der Waals surface area (Å²) in [6, 6.07) is 20.8. The number of halogens is 1. The molecule has 0 heterocycles. The molecule has 4 rings (SSSR count). The molecule has 0 amide bonds. The highest BCUT2D eigenvalue weighted by molar-refractivity contribution is 7.89. The smallest absolute Gasteiger partial charge is 0.207 e. The molecule has 0 aliphatic heterocycles. The molecule has 39 heavy (non-hydrogen) atoms. The Balaban J connectivity index is 1.58. The fourth-order valence-corrected chi connectivity index (χ4v) is 7.59. The molecule has 0 saturated heterocycles. The normalized spacial score (nSPS) is 14.5. The molecule has 0 unspecified atom stereocenters. The fraction of sp³-hybridized carbons (Fsp3) is 0.333. The van der Waals surface area contributed by atoms with Crippen LogP contribution in [-0.4, -0.2) is 38.5 Å². The van der Waals surface area contributed by atoms with Crippen molar-refractivity contribution in [2.45, 2.75) is 61.9 Å². The monoisotopic (exact) mass is 570 g/mol. The molecule has 0 aromatic heterocycles. The van der Waals surface area contributed by atoms with E-state index in [0.29, 0.717) is 6.42 Å². The van der Waals surface area contributed by atoms with Gasteiger partial charge < -0.3 is 0 Å². The van der Waals surface area contributed by atoms with Crippen molar-refractivity contribution >= 4 is 20.0 Å². The Labute approximate surface area is 231 Å². The van der Waals surface area contributed by atoms with Crippen molar-refractivity contribution in [3.05, 3.63) is 107 Å². The number of sulfonamides is 2. The zero-order chi connectivity index (χ0) is 27.9. The lowest BCUT2D eigenvalue weighted by atomic mass is 9.97. The van der Waals surface area contributed by atoms with Gasteiger partial charge in [0.25, 0.3) is 0 Å². The van der Waals surface area contributed by atoms with Crippen LogP contribution in [0.15, 0.2) is 100 Å².